The van der Waals surface area contributed by atoms with E-state index in [9.17, 15) is 9.50 Å². The summed E-state index contributed by atoms with van der Waals surface area (Å²) in [6.45, 7) is 6.46. The molecule has 1 aromatic carbocycles. The smallest absolute Gasteiger partial charge is 0.123 e. The molecule has 0 amide bonds. The second-order valence-corrected chi connectivity index (χ2v) is 5.07. The fourth-order valence-electron chi connectivity index (χ4n) is 2.18. The van der Waals surface area contributed by atoms with Gasteiger partial charge in [-0.15, -0.1) is 0 Å². The number of aryl methyl sites for hydroxylation is 1. The fourth-order valence-corrected chi connectivity index (χ4v) is 2.18. The summed E-state index contributed by atoms with van der Waals surface area (Å²) in [5.74, 6) is 0.240. The van der Waals surface area contributed by atoms with Gasteiger partial charge < -0.3 is 10.8 Å². The quantitative estimate of drug-likeness (QED) is 0.830. The highest BCUT2D eigenvalue weighted by Crippen LogP contribution is 2.29. The van der Waals surface area contributed by atoms with Gasteiger partial charge in [-0.1, -0.05) is 19.9 Å². The van der Waals surface area contributed by atoms with Gasteiger partial charge in [0.2, 0.25) is 0 Å². The maximum Gasteiger partial charge on any atom is 0.123 e. The van der Waals surface area contributed by atoms with Gasteiger partial charge in [-0.05, 0) is 49.1 Å². The summed E-state index contributed by atoms with van der Waals surface area (Å²) < 4.78 is 13.0. The zero-order chi connectivity index (χ0) is 13.0. The molecule has 0 radical (unpaired) electrons. The van der Waals surface area contributed by atoms with Crippen molar-refractivity contribution in [2.45, 2.75) is 33.3 Å². The molecule has 0 saturated heterocycles. The zero-order valence-electron chi connectivity index (χ0n) is 10.8. The van der Waals surface area contributed by atoms with Crippen LogP contribution in [0.3, 0.4) is 0 Å². The molecule has 3 heteroatoms. The first-order chi connectivity index (χ1) is 7.95. The Morgan fingerprint density at radius 3 is 2.47 bits per heavy atom. The van der Waals surface area contributed by atoms with Gasteiger partial charge >= 0.3 is 0 Å². The van der Waals surface area contributed by atoms with Crippen LogP contribution in [0.15, 0.2) is 18.2 Å². The van der Waals surface area contributed by atoms with Gasteiger partial charge in [0, 0.05) is 5.92 Å². The van der Waals surface area contributed by atoms with E-state index in [4.69, 9.17) is 5.73 Å². The Morgan fingerprint density at radius 1 is 1.35 bits per heavy atom. The van der Waals surface area contributed by atoms with E-state index in [0.29, 0.717) is 12.5 Å². The van der Waals surface area contributed by atoms with Crippen molar-refractivity contribution in [3.8, 4) is 0 Å². The summed E-state index contributed by atoms with van der Waals surface area (Å²) in [4.78, 5) is 0. The van der Waals surface area contributed by atoms with Crippen LogP contribution >= 0.6 is 0 Å². The largest absolute Gasteiger partial charge is 0.388 e. The van der Waals surface area contributed by atoms with Crippen molar-refractivity contribution in [1.29, 1.82) is 0 Å². The molecule has 17 heavy (non-hydrogen) atoms. The molecule has 0 bridgehead atoms. The summed E-state index contributed by atoms with van der Waals surface area (Å²) in [5, 5.41) is 10.3. The minimum Gasteiger partial charge on any atom is -0.388 e. The molecule has 2 atom stereocenters. The zero-order valence-corrected chi connectivity index (χ0v) is 10.8. The monoisotopic (exact) mass is 239 g/mol. The van der Waals surface area contributed by atoms with Crippen LogP contribution in [0.1, 0.15) is 37.5 Å². The highest BCUT2D eigenvalue weighted by molar-refractivity contribution is 5.29. The van der Waals surface area contributed by atoms with E-state index in [2.05, 4.69) is 13.8 Å². The van der Waals surface area contributed by atoms with E-state index >= 15 is 0 Å². The third-order valence-electron chi connectivity index (χ3n) is 3.07. The normalized spacial score (nSPS) is 15.0. The molecule has 1 rings (SSSR count). The van der Waals surface area contributed by atoms with Gasteiger partial charge in [-0.25, -0.2) is 4.39 Å². The highest BCUT2D eigenvalue weighted by Gasteiger charge is 2.22. The average Bonchev–Trinajstić information content (AvgIpc) is 2.24. The molecule has 0 spiro atoms. The van der Waals surface area contributed by atoms with Crippen LogP contribution in [0.5, 0.6) is 0 Å². The van der Waals surface area contributed by atoms with Gasteiger partial charge in [0.15, 0.2) is 0 Å². The van der Waals surface area contributed by atoms with Crippen molar-refractivity contribution >= 4 is 0 Å². The fraction of sp³-hybridized carbons (Fsp3) is 0.571. The Labute approximate surface area is 103 Å². The number of rotatable bonds is 5. The molecular weight excluding hydrogens is 217 g/mol. The van der Waals surface area contributed by atoms with Crippen LogP contribution < -0.4 is 5.73 Å². The van der Waals surface area contributed by atoms with Gasteiger partial charge in [0.1, 0.15) is 5.82 Å². The Hall–Kier alpha value is -0.930. The summed E-state index contributed by atoms with van der Waals surface area (Å²) in [6, 6.07) is 4.48. The molecule has 0 aliphatic carbocycles. The predicted molar refractivity (Wildman–Crippen MR) is 68.1 cm³/mol. The SMILES string of the molecule is Cc1cc(F)ccc1C(O)C(CN)CC(C)C. The number of nitrogens with two attached hydrogens (primary N) is 1. The number of halogens is 1. The lowest BCUT2D eigenvalue weighted by Crippen LogP contribution is -2.24. The second-order valence-electron chi connectivity index (χ2n) is 5.07. The number of hydrogen-bond acceptors (Lipinski definition) is 2. The van der Waals surface area contributed by atoms with Crippen molar-refractivity contribution in [3.63, 3.8) is 0 Å². The van der Waals surface area contributed by atoms with Crippen molar-refractivity contribution in [2.75, 3.05) is 6.54 Å². The average molecular weight is 239 g/mol. The van der Waals surface area contributed by atoms with Crippen LogP contribution in [0.25, 0.3) is 0 Å². The lowest BCUT2D eigenvalue weighted by molar-refractivity contribution is 0.0988. The van der Waals surface area contributed by atoms with E-state index in [-0.39, 0.29) is 11.7 Å². The van der Waals surface area contributed by atoms with Crippen molar-refractivity contribution in [1.82, 2.24) is 0 Å². The number of aliphatic hydroxyl groups excluding tert-OH is 1. The molecule has 96 valence electrons. The van der Waals surface area contributed by atoms with Crippen LogP contribution in [-0.2, 0) is 0 Å². The Kier molecular flexibility index (Phi) is 5.09. The number of hydrogen-bond donors (Lipinski definition) is 2. The predicted octanol–water partition coefficient (Wildman–Crippen LogP) is 2.79. The third kappa shape index (κ3) is 3.79. The molecule has 0 aliphatic rings. The molecule has 1 aromatic rings. The standard InChI is InChI=1S/C14H22FNO/c1-9(2)6-11(8-16)14(17)13-5-4-12(15)7-10(13)3/h4-5,7,9,11,14,17H,6,8,16H2,1-3H3. The molecule has 0 heterocycles. The third-order valence-corrected chi connectivity index (χ3v) is 3.07. The second kappa shape index (κ2) is 6.12. The number of benzene rings is 1. The molecule has 3 N–H and O–H groups in total. The first kappa shape index (κ1) is 14.1. The van der Waals surface area contributed by atoms with Crippen LogP contribution in [0.4, 0.5) is 4.39 Å². The Balaban J connectivity index is 2.89. The Bertz CT molecular complexity index is 365. The van der Waals surface area contributed by atoms with Gasteiger partial charge in [-0.2, -0.15) is 0 Å². The van der Waals surface area contributed by atoms with E-state index in [1.54, 1.807) is 6.07 Å². The summed E-state index contributed by atoms with van der Waals surface area (Å²) >= 11 is 0. The van der Waals surface area contributed by atoms with Crippen molar-refractivity contribution in [2.24, 2.45) is 17.6 Å². The van der Waals surface area contributed by atoms with Gasteiger partial charge in [0.25, 0.3) is 0 Å². The molecule has 0 saturated carbocycles. The lowest BCUT2D eigenvalue weighted by Gasteiger charge is -2.24. The van der Waals surface area contributed by atoms with Crippen LogP contribution in [-0.4, -0.2) is 11.7 Å². The minimum atomic E-state index is -0.608. The molecule has 2 nitrogen and oxygen atoms in total. The maximum atomic E-state index is 13.0. The van der Waals surface area contributed by atoms with Crippen LogP contribution in [0.2, 0.25) is 0 Å². The molecule has 0 fully saturated rings. The molecule has 0 aliphatic heterocycles. The van der Waals surface area contributed by atoms with Crippen molar-refractivity contribution < 1.29 is 9.50 Å². The topological polar surface area (TPSA) is 46.2 Å². The minimum absolute atomic E-state index is 0.0270. The van der Waals surface area contributed by atoms with E-state index in [1.165, 1.54) is 12.1 Å². The van der Waals surface area contributed by atoms with Gasteiger partial charge in [0.05, 0.1) is 6.10 Å². The Morgan fingerprint density at radius 2 is 2.00 bits per heavy atom. The molecule has 2 unspecified atom stereocenters. The highest BCUT2D eigenvalue weighted by atomic mass is 19.1. The summed E-state index contributed by atoms with van der Waals surface area (Å²) in [6.07, 6.45) is 0.261. The molecular formula is C14H22FNO. The summed E-state index contributed by atoms with van der Waals surface area (Å²) in [5.41, 5.74) is 7.26. The first-order valence-electron chi connectivity index (χ1n) is 6.09. The van der Waals surface area contributed by atoms with Crippen LogP contribution in [0, 0.1) is 24.6 Å². The molecule has 0 aromatic heterocycles. The summed E-state index contributed by atoms with van der Waals surface area (Å²) in [7, 11) is 0. The van der Waals surface area contributed by atoms with Gasteiger partial charge in [-0.3, -0.25) is 0 Å². The van der Waals surface area contributed by atoms with Crippen molar-refractivity contribution in [3.05, 3.63) is 35.1 Å². The first-order valence-corrected chi connectivity index (χ1v) is 6.09. The van der Waals surface area contributed by atoms with E-state index in [1.807, 2.05) is 6.92 Å². The lowest BCUT2D eigenvalue weighted by atomic mass is 9.87. The maximum absolute atomic E-state index is 13.0. The van der Waals surface area contributed by atoms with E-state index < -0.39 is 6.10 Å². The number of aliphatic hydroxyl groups is 1. The van der Waals surface area contributed by atoms with E-state index in [0.717, 1.165) is 17.5 Å².